The molecule has 0 fully saturated rings. The zero-order chi connectivity index (χ0) is 15.8. The average Bonchev–Trinajstić information content (AvgIpc) is 2.52. The molecule has 0 aliphatic rings. The van der Waals surface area contributed by atoms with Crippen molar-refractivity contribution in [1.29, 1.82) is 0 Å². The summed E-state index contributed by atoms with van der Waals surface area (Å²) in [6.45, 7) is 0.222. The van der Waals surface area contributed by atoms with Crippen LogP contribution in [0.3, 0.4) is 0 Å². The normalized spacial score (nSPS) is 9.55. The number of nitrogens with one attached hydrogen (secondary N) is 1. The van der Waals surface area contributed by atoms with Gasteiger partial charge in [-0.2, -0.15) is 0 Å². The second-order valence-corrected chi connectivity index (χ2v) is 4.70. The Morgan fingerprint density at radius 3 is 2.77 bits per heavy atom. The van der Waals surface area contributed by atoms with Gasteiger partial charge >= 0.3 is 0 Å². The summed E-state index contributed by atoms with van der Waals surface area (Å²) in [7, 11) is 0. The first kappa shape index (κ1) is 15.9. The molecule has 0 atom stereocenters. The Morgan fingerprint density at radius 1 is 1.18 bits per heavy atom. The van der Waals surface area contributed by atoms with Crippen molar-refractivity contribution in [2.24, 2.45) is 0 Å². The monoisotopic (exact) mass is 317 g/mol. The van der Waals surface area contributed by atoms with E-state index in [1.165, 1.54) is 12.1 Å². The molecule has 22 heavy (non-hydrogen) atoms. The first-order valence-corrected chi connectivity index (χ1v) is 6.91. The average molecular weight is 318 g/mol. The third kappa shape index (κ3) is 4.80. The smallest absolute Gasteiger partial charge is 0.252 e. The van der Waals surface area contributed by atoms with Gasteiger partial charge in [-0.3, -0.25) is 4.79 Å². The SMILES string of the molecule is O=C(NCC#CCOc1ccccc1F)c1cccc(Cl)c1. The molecule has 0 spiro atoms. The number of hydrogen-bond donors (Lipinski definition) is 1. The summed E-state index contributed by atoms with van der Waals surface area (Å²) in [5.74, 6) is 4.89. The summed E-state index contributed by atoms with van der Waals surface area (Å²) < 4.78 is 18.4. The number of hydrogen-bond acceptors (Lipinski definition) is 2. The molecule has 5 heteroatoms. The van der Waals surface area contributed by atoms with Crippen molar-refractivity contribution < 1.29 is 13.9 Å². The topological polar surface area (TPSA) is 38.3 Å². The van der Waals surface area contributed by atoms with E-state index in [0.717, 1.165) is 0 Å². The molecule has 0 aliphatic heterocycles. The summed E-state index contributed by atoms with van der Waals surface area (Å²) in [5, 5.41) is 3.13. The number of rotatable bonds is 4. The summed E-state index contributed by atoms with van der Waals surface area (Å²) in [4.78, 5) is 11.8. The van der Waals surface area contributed by atoms with Crippen LogP contribution in [0.25, 0.3) is 0 Å². The Kier molecular flexibility index (Phi) is 5.81. The van der Waals surface area contributed by atoms with Crippen LogP contribution in [0.1, 0.15) is 10.4 Å². The van der Waals surface area contributed by atoms with Gasteiger partial charge in [-0.1, -0.05) is 41.6 Å². The van der Waals surface area contributed by atoms with Crippen LogP contribution >= 0.6 is 11.6 Å². The van der Waals surface area contributed by atoms with E-state index in [1.54, 1.807) is 36.4 Å². The number of carbonyl (C=O) groups excluding carboxylic acids is 1. The first-order chi connectivity index (χ1) is 10.7. The fourth-order valence-electron chi connectivity index (χ4n) is 1.65. The molecule has 0 aromatic heterocycles. The first-order valence-electron chi connectivity index (χ1n) is 6.53. The van der Waals surface area contributed by atoms with Gasteiger partial charge in [0.25, 0.3) is 5.91 Å². The number of benzene rings is 2. The van der Waals surface area contributed by atoms with Gasteiger partial charge < -0.3 is 10.1 Å². The highest BCUT2D eigenvalue weighted by Gasteiger charge is 2.03. The third-order valence-electron chi connectivity index (χ3n) is 2.69. The van der Waals surface area contributed by atoms with E-state index in [1.807, 2.05) is 0 Å². The Morgan fingerprint density at radius 2 is 2.00 bits per heavy atom. The minimum atomic E-state index is -0.432. The van der Waals surface area contributed by atoms with Crippen molar-refractivity contribution in [3.8, 4) is 17.6 Å². The van der Waals surface area contributed by atoms with Crippen molar-refractivity contribution in [2.75, 3.05) is 13.2 Å². The highest BCUT2D eigenvalue weighted by atomic mass is 35.5. The molecule has 1 amide bonds. The number of para-hydroxylation sites is 1. The summed E-state index contributed by atoms with van der Waals surface area (Å²) >= 11 is 5.81. The van der Waals surface area contributed by atoms with Crippen LogP contribution in [0.15, 0.2) is 48.5 Å². The molecule has 0 unspecified atom stereocenters. The van der Waals surface area contributed by atoms with Crippen molar-refractivity contribution >= 4 is 17.5 Å². The number of ether oxygens (including phenoxy) is 1. The van der Waals surface area contributed by atoms with Gasteiger partial charge in [-0.05, 0) is 30.3 Å². The van der Waals surface area contributed by atoms with E-state index in [4.69, 9.17) is 16.3 Å². The van der Waals surface area contributed by atoms with Gasteiger partial charge in [0.2, 0.25) is 0 Å². The molecule has 2 aromatic rings. The molecular formula is C17H13ClFNO2. The molecule has 2 aromatic carbocycles. The van der Waals surface area contributed by atoms with Crippen LogP contribution in [0, 0.1) is 17.7 Å². The van der Waals surface area contributed by atoms with Gasteiger partial charge in [0, 0.05) is 10.6 Å². The Balaban J connectivity index is 1.75. The maximum atomic E-state index is 13.3. The van der Waals surface area contributed by atoms with Crippen LogP contribution in [0.5, 0.6) is 5.75 Å². The largest absolute Gasteiger partial charge is 0.478 e. The fraction of sp³-hybridized carbons (Fsp3) is 0.118. The van der Waals surface area contributed by atoms with Gasteiger partial charge in [-0.15, -0.1) is 0 Å². The Bertz CT molecular complexity index is 722. The molecule has 0 radical (unpaired) electrons. The molecule has 2 rings (SSSR count). The van der Waals surface area contributed by atoms with E-state index < -0.39 is 5.82 Å². The number of amides is 1. The molecular weight excluding hydrogens is 305 g/mol. The third-order valence-corrected chi connectivity index (χ3v) is 2.92. The van der Waals surface area contributed by atoms with Gasteiger partial charge in [-0.25, -0.2) is 4.39 Å². The molecule has 0 saturated carbocycles. The summed E-state index contributed by atoms with van der Waals surface area (Å²) in [5.41, 5.74) is 0.469. The lowest BCUT2D eigenvalue weighted by atomic mass is 10.2. The minimum absolute atomic E-state index is 0.0496. The van der Waals surface area contributed by atoms with Gasteiger partial charge in [0.1, 0.15) is 6.61 Å². The summed E-state index contributed by atoms with van der Waals surface area (Å²) in [6, 6.07) is 12.7. The number of carbonyl (C=O) groups is 1. The zero-order valence-electron chi connectivity index (χ0n) is 11.6. The van der Waals surface area contributed by atoms with Gasteiger partial charge in [0.05, 0.1) is 6.54 Å². The Labute approximate surface area is 133 Å². The molecule has 0 heterocycles. The zero-order valence-corrected chi connectivity index (χ0v) is 12.4. The van der Waals surface area contributed by atoms with Crippen LogP contribution in [0.4, 0.5) is 4.39 Å². The molecule has 112 valence electrons. The molecule has 1 N–H and O–H groups in total. The van der Waals surface area contributed by atoms with Crippen LogP contribution < -0.4 is 10.1 Å². The van der Waals surface area contributed by atoms with Crippen molar-refractivity contribution in [3.05, 3.63) is 64.9 Å². The number of halogens is 2. The molecule has 0 aliphatic carbocycles. The second-order valence-electron chi connectivity index (χ2n) is 4.27. The molecule has 0 saturated heterocycles. The van der Waals surface area contributed by atoms with Gasteiger partial charge in [0.15, 0.2) is 11.6 Å². The van der Waals surface area contributed by atoms with E-state index in [0.29, 0.717) is 10.6 Å². The van der Waals surface area contributed by atoms with Crippen molar-refractivity contribution in [3.63, 3.8) is 0 Å². The van der Waals surface area contributed by atoms with E-state index in [9.17, 15) is 9.18 Å². The predicted octanol–water partition coefficient (Wildman–Crippen LogP) is 3.29. The van der Waals surface area contributed by atoms with Crippen LogP contribution in [0.2, 0.25) is 5.02 Å². The maximum absolute atomic E-state index is 13.3. The van der Waals surface area contributed by atoms with Crippen LogP contribution in [-0.4, -0.2) is 19.1 Å². The Hall–Kier alpha value is -2.51. The lowest BCUT2D eigenvalue weighted by Gasteiger charge is -2.02. The standard InChI is InChI=1S/C17H13ClFNO2/c18-14-7-5-6-13(12-14)17(21)20-10-3-4-11-22-16-9-2-1-8-15(16)19/h1-2,5-9,12H,10-11H2,(H,20,21). The highest BCUT2D eigenvalue weighted by molar-refractivity contribution is 6.30. The van der Waals surface area contributed by atoms with E-state index in [2.05, 4.69) is 17.2 Å². The highest BCUT2D eigenvalue weighted by Crippen LogP contribution is 2.14. The maximum Gasteiger partial charge on any atom is 0.252 e. The lowest BCUT2D eigenvalue weighted by Crippen LogP contribution is -2.23. The lowest BCUT2D eigenvalue weighted by molar-refractivity contribution is 0.0958. The minimum Gasteiger partial charge on any atom is -0.478 e. The van der Waals surface area contributed by atoms with Crippen LogP contribution in [-0.2, 0) is 0 Å². The summed E-state index contributed by atoms with van der Waals surface area (Å²) in [6.07, 6.45) is 0. The van der Waals surface area contributed by atoms with E-state index in [-0.39, 0.29) is 24.8 Å². The van der Waals surface area contributed by atoms with Crippen molar-refractivity contribution in [2.45, 2.75) is 0 Å². The quantitative estimate of drug-likeness (QED) is 0.879. The second kappa shape index (κ2) is 8.06. The predicted molar refractivity (Wildman–Crippen MR) is 83.5 cm³/mol. The molecule has 0 bridgehead atoms. The van der Waals surface area contributed by atoms with E-state index >= 15 is 0 Å². The van der Waals surface area contributed by atoms with Crippen molar-refractivity contribution in [1.82, 2.24) is 5.32 Å². The fourth-order valence-corrected chi connectivity index (χ4v) is 1.84. The molecule has 3 nitrogen and oxygen atoms in total.